The third-order valence-electron chi connectivity index (χ3n) is 1.86. The number of aliphatic carboxylic acids is 1. The minimum absolute atomic E-state index is 0.121. The summed E-state index contributed by atoms with van der Waals surface area (Å²) in [5.74, 6) is -1.65. The number of carboxylic acid groups (broad SMARTS) is 1. The van der Waals surface area contributed by atoms with Crippen LogP contribution in [0.5, 0.6) is 5.75 Å². The van der Waals surface area contributed by atoms with Crippen LogP contribution in [0.15, 0.2) is 36.4 Å². The van der Waals surface area contributed by atoms with Crippen LogP contribution in [0.4, 0.5) is 0 Å². The van der Waals surface area contributed by atoms with Crippen molar-refractivity contribution in [1.29, 1.82) is 0 Å². The molecule has 17 heavy (non-hydrogen) atoms. The highest BCUT2D eigenvalue weighted by atomic mass is 16.4. The van der Waals surface area contributed by atoms with Gasteiger partial charge in [0.1, 0.15) is 5.75 Å². The molecule has 6 nitrogen and oxygen atoms in total. The molecule has 0 aliphatic rings. The number of nitrogens with one attached hydrogen (secondary N) is 2. The molecule has 0 bridgehead atoms. The Kier molecular flexibility index (Phi) is 4.71. The van der Waals surface area contributed by atoms with Gasteiger partial charge in [0.2, 0.25) is 0 Å². The van der Waals surface area contributed by atoms with E-state index in [0.717, 1.165) is 12.2 Å². The summed E-state index contributed by atoms with van der Waals surface area (Å²) in [5.41, 5.74) is 5.45. The molecule has 0 fully saturated rings. The van der Waals surface area contributed by atoms with Crippen molar-refractivity contribution in [2.75, 3.05) is 0 Å². The van der Waals surface area contributed by atoms with Crippen LogP contribution in [-0.2, 0) is 16.1 Å². The molecule has 1 aromatic carbocycles. The van der Waals surface area contributed by atoms with E-state index in [2.05, 4.69) is 10.9 Å². The van der Waals surface area contributed by atoms with Crippen LogP contribution in [-0.4, -0.2) is 22.1 Å². The van der Waals surface area contributed by atoms with Gasteiger partial charge in [-0.25, -0.2) is 10.2 Å². The molecule has 6 heteroatoms. The monoisotopic (exact) mass is 236 g/mol. The van der Waals surface area contributed by atoms with E-state index in [0.29, 0.717) is 5.56 Å². The predicted molar refractivity (Wildman–Crippen MR) is 59.9 cm³/mol. The van der Waals surface area contributed by atoms with E-state index < -0.39 is 11.9 Å². The number of carbonyl (C=O) groups is 2. The van der Waals surface area contributed by atoms with E-state index in [9.17, 15) is 14.7 Å². The topological polar surface area (TPSA) is 98.7 Å². The molecule has 1 amide bonds. The van der Waals surface area contributed by atoms with E-state index in [1.807, 2.05) is 0 Å². The largest absolute Gasteiger partial charge is 0.508 e. The van der Waals surface area contributed by atoms with Gasteiger partial charge in [0.25, 0.3) is 5.91 Å². The van der Waals surface area contributed by atoms with E-state index in [1.165, 1.54) is 6.07 Å². The van der Waals surface area contributed by atoms with Crippen molar-refractivity contribution in [3.05, 3.63) is 42.0 Å². The Morgan fingerprint density at radius 2 is 1.94 bits per heavy atom. The van der Waals surface area contributed by atoms with Gasteiger partial charge in [0.15, 0.2) is 0 Å². The normalized spacial score (nSPS) is 10.4. The highest BCUT2D eigenvalue weighted by Crippen LogP contribution is 2.14. The van der Waals surface area contributed by atoms with Crippen molar-refractivity contribution in [3.8, 4) is 5.75 Å². The summed E-state index contributed by atoms with van der Waals surface area (Å²) in [7, 11) is 0. The van der Waals surface area contributed by atoms with Crippen LogP contribution in [0, 0.1) is 0 Å². The molecule has 0 aliphatic heterocycles. The fourth-order valence-electron chi connectivity index (χ4n) is 1.08. The fourth-order valence-corrected chi connectivity index (χ4v) is 1.08. The second-order valence-electron chi connectivity index (χ2n) is 3.14. The number of rotatable bonds is 5. The lowest BCUT2D eigenvalue weighted by Crippen LogP contribution is -2.35. The first kappa shape index (κ1) is 12.7. The Bertz CT molecular complexity index is 443. The number of hydrogen-bond acceptors (Lipinski definition) is 4. The summed E-state index contributed by atoms with van der Waals surface area (Å²) in [6, 6.07) is 6.67. The van der Waals surface area contributed by atoms with Crippen molar-refractivity contribution < 1.29 is 19.8 Å². The van der Waals surface area contributed by atoms with Crippen molar-refractivity contribution in [1.82, 2.24) is 10.9 Å². The lowest BCUT2D eigenvalue weighted by Gasteiger charge is -2.06. The third-order valence-corrected chi connectivity index (χ3v) is 1.86. The van der Waals surface area contributed by atoms with E-state index in [-0.39, 0.29) is 12.3 Å². The lowest BCUT2D eigenvalue weighted by atomic mass is 10.2. The number of amides is 1. The number of phenols is 1. The maximum Gasteiger partial charge on any atom is 0.328 e. The third kappa shape index (κ3) is 4.80. The Labute approximate surface area is 97.5 Å². The molecule has 0 spiro atoms. The van der Waals surface area contributed by atoms with E-state index in [4.69, 9.17) is 5.11 Å². The Morgan fingerprint density at radius 3 is 2.59 bits per heavy atom. The number of hydrogen-bond donors (Lipinski definition) is 4. The SMILES string of the molecule is O=C(O)/C=C\C(=O)NNCc1ccccc1O. The molecule has 90 valence electrons. The minimum Gasteiger partial charge on any atom is -0.508 e. The number of para-hydroxylation sites is 1. The van der Waals surface area contributed by atoms with E-state index in [1.54, 1.807) is 18.2 Å². The highest BCUT2D eigenvalue weighted by molar-refractivity contribution is 5.93. The molecule has 0 aliphatic carbocycles. The Balaban J connectivity index is 2.36. The molecule has 0 saturated heterocycles. The number of benzene rings is 1. The van der Waals surface area contributed by atoms with Crippen molar-refractivity contribution in [2.24, 2.45) is 0 Å². The fraction of sp³-hybridized carbons (Fsp3) is 0.0909. The second-order valence-corrected chi connectivity index (χ2v) is 3.14. The zero-order chi connectivity index (χ0) is 12.7. The quantitative estimate of drug-likeness (QED) is 0.431. The van der Waals surface area contributed by atoms with Crippen LogP contribution in [0.3, 0.4) is 0 Å². The molecule has 0 unspecified atom stereocenters. The van der Waals surface area contributed by atoms with Crippen molar-refractivity contribution in [3.63, 3.8) is 0 Å². The molecular formula is C11H12N2O4. The summed E-state index contributed by atoms with van der Waals surface area (Å²) < 4.78 is 0. The first-order chi connectivity index (χ1) is 8.09. The number of carboxylic acids is 1. The average Bonchev–Trinajstić information content (AvgIpc) is 2.29. The summed E-state index contributed by atoms with van der Waals surface area (Å²) in [5, 5.41) is 17.7. The van der Waals surface area contributed by atoms with Gasteiger partial charge < -0.3 is 10.2 Å². The van der Waals surface area contributed by atoms with Crippen LogP contribution in [0.2, 0.25) is 0 Å². The van der Waals surface area contributed by atoms with Crippen LogP contribution < -0.4 is 10.9 Å². The first-order valence-corrected chi connectivity index (χ1v) is 4.80. The van der Waals surface area contributed by atoms with Gasteiger partial charge in [-0.05, 0) is 6.07 Å². The average molecular weight is 236 g/mol. The summed E-state index contributed by atoms with van der Waals surface area (Å²) in [6.45, 7) is 0.235. The molecule has 1 rings (SSSR count). The summed E-state index contributed by atoms with van der Waals surface area (Å²) in [6.07, 6.45) is 1.62. The zero-order valence-corrected chi connectivity index (χ0v) is 8.88. The standard InChI is InChI=1S/C11H12N2O4/c14-9-4-2-1-3-8(9)7-12-13-10(15)5-6-11(16)17/h1-6,12,14H,7H2,(H,13,15)(H,16,17)/b6-5-. The van der Waals surface area contributed by atoms with Crippen LogP contribution in [0.25, 0.3) is 0 Å². The number of hydrazine groups is 1. The molecule has 0 atom stereocenters. The lowest BCUT2D eigenvalue weighted by molar-refractivity contribution is -0.131. The van der Waals surface area contributed by atoms with Gasteiger partial charge in [-0.3, -0.25) is 10.2 Å². The number of aromatic hydroxyl groups is 1. The smallest absolute Gasteiger partial charge is 0.328 e. The number of carbonyl (C=O) groups excluding carboxylic acids is 1. The van der Waals surface area contributed by atoms with Crippen LogP contribution >= 0.6 is 0 Å². The molecule has 0 heterocycles. The molecule has 0 radical (unpaired) electrons. The van der Waals surface area contributed by atoms with Crippen molar-refractivity contribution in [2.45, 2.75) is 6.54 Å². The van der Waals surface area contributed by atoms with Crippen LogP contribution in [0.1, 0.15) is 5.56 Å². The van der Waals surface area contributed by atoms with Gasteiger partial charge in [0.05, 0.1) is 0 Å². The molecular weight excluding hydrogens is 224 g/mol. The van der Waals surface area contributed by atoms with Gasteiger partial charge in [-0.15, -0.1) is 0 Å². The highest BCUT2D eigenvalue weighted by Gasteiger charge is 2.00. The zero-order valence-electron chi connectivity index (χ0n) is 8.88. The Morgan fingerprint density at radius 1 is 1.24 bits per heavy atom. The first-order valence-electron chi connectivity index (χ1n) is 4.80. The molecule has 0 aromatic heterocycles. The summed E-state index contributed by atoms with van der Waals surface area (Å²) >= 11 is 0. The van der Waals surface area contributed by atoms with Crippen molar-refractivity contribution >= 4 is 11.9 Å². The maximum absolute atomic E-state index is 11.0. The Hall–Kier alpha value is -2.34. The van der Waals surface area contributed by atoms with Gasteiger partial charge in [0, 0.05) is 24.3 Å². The second kappa shape index (κ2) is 6.29. The summed E-state index contributed by atoms with van der Waals surface area (Å²) in [4.78, 5) is 21.2. The number of phenolic OH excluding ortho intramolecular Hbond substituents is 1. The van der Waals surface area contributed by atoms with Gasteiger partial charge >= 0.3 is 5.97 Å². The van der Waals surface area contributed by atoms with E-state index >= 15 is 0 Å². The molecule has 0 saturated carbocycles. The molecule has 4 N–H and O–H groups in total. The molecule has 1 aromatic rings. The van der Waals surface area contributed by atoms with Gasteiger partial charge in [-0.1, -0.05) is 18.2 Å². The minimum atomic E-state index is -1.19. The maximum atomic E-state index is 11.0. The van der Waals surface area contributed by atoms with Gasteiger partial charge in [-0.2, -0.15) is 0 Å². The predicted octanol–water partition coefficient (Wildman–Crippen LogP) is 0.154.